The van der Waals surface area contributed by atoms with Crippen LogP contribution in [0.4, 0.5) is 0 Å². The third-order valence-corrected chi connectivity index (χ3v) is 2.95. The lowest BCUT2D eigenvalue weighted by atomic mass is 10.3. The minimum atomic E-state index is -0.855. The van der Waals surface area contributed by atoms with Gasteiger partial charge in [0.25, 0.3) is 5.56 Å². The number of aryl methyl sites for hydroxylation is 1. The Morgan fingerprint density at radius 2 is 2.10 bits per heavy atom. The number of hydrogen-bond donors (Lipinski definition) is 1. The molecule has 0 saturated carbocycles. The van der Waals surface area contributed by atoms with Gasteiger partial charge in [-0.15, -0.1) is 5.10 Å². The number of rotatable bonds is 1. The van der Waals surface area contributed by atoms with Gasteiger partial charge in [-0.2, -0.15) is 9.94 Å². The standard InChI is InChI=1S/C12H7N5O4/c1-16-8-3-2-6(4-9(8)21-12(16)20)17-11(19)14-10(18)7(5-13)15-17/h2-4H,1H3,(H,14,18,19). The molecule has 2 aromatic heterocycles. The number of hydrogen-bond acceptors (Lipinski definition) is 6. The molecule has 0 aliphatic heterocycles. The van der Waals surface area contributed by atoms with E-state index in [2.05, 4.69) is 5.10 Å². The van der Waals surface area contributed by atoms with E-state index in [9.17, 15) is 14.4 Å². The molecule has 2 heterocycles. The zero-order valence-corrected chi connectivity index (χ0v) is 10.7. The van der Waals surface area contributed by atoms with Crippen molar-refractivity contribution in [3.05, 3.63) is 55.3 Å². The highest BCUT2D eigenvalue weighted by Crippen LogP contribution is 2.15. The van der Waals surface area contributed by atoms with Gasteiger partial charge in [0.2, 0.25) is 5.69 Å². The molecule has 0 saturated heterocycles. The number of oxazole rings is 1. The third kappa shape index (κ3) is 1.86. The summed E-state index contributed by atoms with van der Waals surface area (Å²) in [6.45, 7) is 0. The maximum absolute atomic E-state index is 11.8. The number of fused-ring (bicyclic) bond motifs is 1. The molecular formula is C12H7N5O4. The number of H-pyrrole nitrogens is 1. The predicted molar refractivity (Wildman–Crippen MR) is 70.2 cm³/mol. The first kappa shape index (κ1) is 12.6. The molecule has 9 heteroatoms. The second-order valence-electron chi connectivity index (χ2n) is 4.21. The van der Waals surface area contributed by atoms with Crippen molar-refractivity contribution in [3.8, 4) is 11.8 Å². The monoisotopic (exact) mass is 285 g/mol. The largest absolute Gasteiger partial charge is 0.419 e. The molecule has 0 bridgehead atoms. The van der Waals surface area contributed by atoms with Gasteiger partial charge in [-0.3, -0.25) is 14.3 Å². The molecule has 0 amide bonds. The van der Waals surface area contributed by atoms with E-state index in [4.69, 9.17) is 9.68 Å². The van der Waals surface area contributed by atoms with E-state index in [1.165, 1.54) is 16.7 Å². The van der Waals surface area contributed by atoms with Crippen molar-refractivity contribution in [2.75, 3.05) is 0 Å². The average molecular weight is 285 g/mol. The Bertz CT molecular complexity index is 1080. The van der Waals surface area contributed by atoms with Gasteiger partial charge in [0.1, 0.15) is 6.07 Å². The lowest BCUT2D eigenvalue weighted by molar-refractivity contribution is 0.528. The summed E-state index contributed by atoms with van der Waals surface area (Å²) in [7, 11) is 1.55. The topological polar surface area (TPSA) is 127 Å². The van der Waals surface area contributed by atoms with Crippen LogP contribution in [-0.2, 0) is 7.05 Å². The van der Waals surface area contributed by atoms with Gasteiger partial charge in [0.05, 0.1) is 11.2 Å². The van der Waals surface area contributed by atoms with Crippen molar-refractivity contribution >= 4 is 11.1 Å². The van der Waals surface area contributed by atoms with E-state index < -0.39 is 22.7 Å². The summed E-state index contributed by atoms with van der Waals surface area (Å²) in [4.78, 5) is 36.5. The number of nitriles is 1. The molecule has 0 radical (unpaired) electrons. The van der Waals surface area contributed by atoms with Crippen LogP contribution in [0.5, 0.6) is 0 Å². The highest BCUT2D eigenvalue weighted by atomic mass is 16.4. The second-order valence-corrected chi connectivity index (χ2v) is 4.21. The molecular weight excluding hydrogens is 278 g/mol. The Balaban J connectivity index is 2.31. The molecule has 9 nitrogen and oxygen atoms in total. The normalized spacial score (nSPS) is 10.7. The number of aromatic amines is 1. The van der Waals surface area contributed by atoms with Crippen LogP contribution in [0.3, 0.4) is 0 Å². The van der Waals surface area contributed by atoms with Crippen molar-refractivity contribution in [1.29, 1.82) is 5.26 Å². The Morgan fingerprint density at radius 1 is 1.33 bits per heavy atom. The summed E-state index contributed by atoms with van der Waals surface area (Å²) < 4.78 is 7.17. The van der Waals surface area contributed by atoms with Crippen LogP contribution < -0.4 is 17.0 Å². The molecule has 104 valence electrons. The minimum Gasteiger partial charge on any atom is -0.408 e. The lowest BCUT2D eigenvalue weighted by Gasteiger charge is -2.03. The SMILES string of the molecule is Cn1c(=O)oc2cc(-n3nc(C#N)c(=O)[nH]c3=O)ccc21. The van der Waals surface area contributed by atoms with E-state index in [1.54, 1.807) is 19.2 Å². The Labute approximate surface area is 115 Å². The van der Waals surface area contributed by atoms with Crippen LogP contribution in [0, 0.1) is 11.3 Å². The molecule has 0 atom stereocenters. The van der Waals surface area contributed by atoms with E-state index in [0.717, 1.165) is 4.68 Å². The molecule has 0 fully saturated rings. The fraction of sp³-hybridized carbons (Fsp3) is 0.0833. The molecule has 21 heavy (non-hydrogen) atoms. The quantitative estimate of drug-likeness (QED) is 0.626. The summed E-state index contributed by atoms with van der Waals surface area (Å²) in [5.41, 5.74) is -1.03. The Kier molecular flexibility index (Phi) is 2.59. The van der Waals surface area contributed by atoms with Crippen LogP contribution in [0.2, 0.25) is 0 Å². The number of aromatic nitrogens is 4. The van der Waals surface area contributed by atoms with Gasteiger partial charge >= 0.3 is 11.4 Å². The molecule has 1 aromatic carbocycles. The fourth-order valence-corrected chi connectivity index (χ4v) is 1.90. The average Bonchev–Trinajstić information content (AvgIpc) is 2.74. The summed E-state index contributed by atoms with van der Waals surface area (Å²) >= 11 is 0. The molecule has 3 aromatic rings. The minimum absolute atomic E-state index is 0.259. The van der Waals surface area contributed by atoms with Crippen LogP contribution >= 0.6 is 0 Å². The van der Waals surface area contributed by atoms with Crippen molar-refractivity contribution in [1.82, 2.24) is 19.3 Å². The zero-order chi connectivity index (χ0) is 15.1. The molecule has 3 rings (SSSR count). The molecule has 0 spiro atoms. The van der Waals surface area contributed by atoms with Crippen molar-refractivity contribution in [2.45, 2.75) is 0 Å². The highest BCUT2D eigenvalue weighted by molar-refractivity contribution is 5.75. The van der Waals surface area contributed by atoms with Gasteiger partial charge < -0.3 is 4.42 Å². The maximum atomic E-state index is 11.8. The summed E-state index contributed by atoms with van der Waals surface area (Å²) in [5, 5.41) is 12.5. The van der Waals surface area contributed by atoms with E-state index in [1.807, 2.05) is 4.98 Å². The van der Waals surface area contributed by atoms with Gasteiger partial charge in [0.15, 0.2) is 5.58 Å². The molecule has 0 unspecified atom stereocenters. The van der Waals surface area contributed by atoms with Crippen molar-refractivity contribution in [2.24, 2.45) is 7.05 Å². The first-order valence-corrected chi connectivity index (χ1v) is 5.75. The number of benzene rings is 1. The highest BCUT2D eigenvalue weighted by Gasteiger charge is 2.11. The summed E-state index contributed by atoms with van der Waals surface area (Å²) in [6.07, 6.45) is 0. The summed E-state index contributed by atoms with van der Waals surface area (Å²) in [6, 6.07) is 6.10. The molecule has 0 aliphatic rings. The van der Waals surface area contributed by atoms with Crippen LogP contribution in [0.1, 0.15) is 5.69 Å². The van der Waals surface area contributed by atoms with E-state index >= 15 is 0 Å². The maximum Gasteiger partial charge on any atom is 0.419 e. The smallest absolute Gasteiger partial charge is 0.408 e. The first-order valence-electron chi connectivity index (χ1n) is 5.75. The predicted octanol–water partition coefficient (Wildman–Crippen LogP) is -0.763. The zero-order valence-electron chi connectivity index (χ0n) is 10.7. The lowest BCUT2D eigenvalue weighted by Crippen LogP contribution is -2.33. The molecule has 1 N–H and O–H groups in total. The number of nitrogens with zero attached hydrogens (tertiary/aromatic N) is 4. The number of nitrogens with one attached hydrogen (secondary N) is 1. The molecule has 0 aliphatic carbocycles. The van der Waals surface area contributed by atoms with Gasteiger partial charge in [0, 0.05) is 13.1 Å². The van der Waals surface area contributed by atoms with Gasteiger partial charge in [-0.1, -0.05) is 0 Å². The Morgan fingerprint density at radius 3 is 2.81 bits per heavy atom. The van der Waals surface area contributed by atoms with Gasteiger partial charge in [-0.25, -0.2) is 9.59 Å². The third-order valence-electron chi connectivity index (χ3n) is 2.95. The fourth-order valence-electron chi connectivity index (χ4n) is 1.90. The van der Waals surface area contributed by atoms with Crippen LogP contribution in [0.25, 0.3) is 16.8 Å². The summed E-state index contributed by atoms with van der Waals surface area (Å²) in [5.74, 6) is -0.540. The van der Waals surface area contributed by atoms with E-state index in [-0.39, 0.29) is 11.3 Å². The van der Waals surface area contributed by atoms with Crippen molar-refractivity contribution in [3.63, 3.8) is 0 Å². The van der Waals surface area contributed by atoms with Crippen LogP contribution in [0.15, 0.2) is 37.0 Å². The second kappa shape index (κ2) is 4.31. The van der Waals surface area contributed by atoms with E-state index in [0.29, 0.717) is 5.52 Å². The van der Waals surface area contributed by atoms with Crippen LogP contribution in [-0.4, -0.2) is 19.3 Å². The van der Waals surface area contributed by atoms with Crippen molar-refractivity contribution < 1.29 is 4.42 Å². The first-order chi connectivity index (χ1) is 10.0. The Hall–Kier alpha value is -3.41. The van der Waals surface area contributed by atoms with Gasteiger partial charge in [-0.05, 0) is 12.1 Å².